The largest absolute Gasteiger partial charge is 0.411 e. The molecule has 2 nitrogen and oxygen atoms in total. The Morgan fingerprint density at radius 3 is 2.57 bits per heavy atom. The molecule has 0 heterocycles. The van der Waals surface area contributed by atoms with Crippen molar-refractivity contribution in [3.8, 4) is 0 Å². The van der Waals surface area contributed by atoms with Gasteiger partial charge in [0.05, 0.1) is 5.71 Å². The van der Waals surface area contributed by atoms with Crippen LogP contribution in [0.3, 0.4) is 0 Å². The van der Waals surface area contributed by atoms with Crippen LogP contribution in [0.5, 0.6) is 0 Å². The smallest absolute Gasteiger partial charge is 0.0574 e. The second kappa shape index (κ2) is 3.65. The summed E-state index contributed by atoms with van der Waals surface area (Å²) in [6.07, 6.45) is 1.78. The van der Waals surface area contributed by atoms with E-state index < -0.39 is 0 Å². The van der Waals surface area contributed by atoms with Gasteiger partial charge in [0.2, 0.25) is 0 Å². The van der Waals surface area contributed by atoms with Gasteiger partial charge in [-0.25, -0.2) is 0 Å². The van der Waals surface area contributed by atoms with E-state index in [1.165, 1.54) is 0 Å². The van der Waals surface area contributed by atoms with Crippen LogP contribution in [0.2, 0.25) is 0 Å². The second-order valence-electron chi connectivity index (χ2n) is 1.42. The van der Waals surface area contributed by atoms with E-state index in [9.17, 15) is 0 Å². The average Bonchev–Trinajstić information content (AvgIpc) is 1.68. The highest BCUT2D eigenvalue weighted by Crippen LogP contribution is 1.87. The Morgan fingerprint density at radius 1 is 1.86 bits per heavy atom. The fraction of sp³-hybridized carbons (Fsp3) is 0.600. The maximum Gasteiger partial charge on any atom is 0.0574 e. The number of hydrogen-bond acceptors (Lipinski definition) is 2. The van der Waals surface area contributed by atoms with Gasteiger partial charge in [-0.3, -0.25) is 0 Å². The number of rotatable bonds is 2. The van der Waals surface area contributed by atoms with Gasteiger partial charge in [0, 0.05) is 0 Å². The minimum absolute atomic E-state index is 0.558. The van der Waals surface area contributed by atoms with Gasteiger partial charge in [0.25, 0.3) is 0 Å². The molecule has 0 atom stereocenters. The van der Waals surface area contributed by atoms with Gasteiger partial charge < -0.3 is 5.21 Å². The molecule has 0 aromatic carbocycles. The van der Waals surface area contributed by atoms with Crippen LogP contribution in [0.1, 0.15) is 19.8 Å². The maximum absolute atomic E-state index is 7.99. The summed E-state index contributed by atoms with van der Waals surface area (Å²) in [5.41, 5.74) is 0.558. The summed E-state index contributed by atoms with van der Waals surface area (Å²) in [5, 5.41) is 10.9. The molecule has 0 bridgehead atoms. The monoisotopic (exact) mass is 100 g/mol. The first kappa shape index (κ1) is 6.47. The average molecular weight is 100 g/mol. The normalized spacial score (nSPS) is 12.0. The summed E-state index contributed by atoms with van der Waals surface area (Å²) in [6.45, 7) is 5.46. The van der Waals surface area contributed by atoms with Crippen molar-refractivity contribution in [1.82, 2.24) is 0 Å². The molecule has 1 radical (unpaired) electrons. The van der Waals surface area contributed by atoms with Gasteiger partial charge in [-0.05, 0) is 13.3 Å². The van der Waals surface area contributed by atoms with Crippen LogP contribution in [0.15, 0.2) is 5.16 Å². The van der Waals surface area contributed by atoms with Gasteiger partial charge in [-0.2, -0.15) is 0 Å². The van der Waals surface area contributed by atoms with Gasteiger partial charge >= 0.3 is 0 Å². The Balaban J connectivity index is 3.17. The standard InChI is InChI=1S/C5H10NO/c1-3-4-5(2)6-7/h7H,2-4H2,1H3. The lowest BCUT2D eigenvalue weighted by molar-refractivity contribution is 0.318. The highest BCUT2D eigenvalue weighted by molar-refractivity contribution is 5.87. The molecule has 0 aromatic rings. The summed E-state index contributed by atoms with van der Waals surface area (Å²) in [5.74, 6) is 0. The molecule has 7 heavy (non-hydrogen) atoms. The molecule has 0 rings (SSSR count). The Bertz CT molecular complexity index is 68.5. The SMILES string of the molecule is [CH2]C(CCC)=NO. The molecule has 0 saturated carbocycles. The van der Waals surface area contributed by atoms with Crippen molar-refractivity contribution in [2.45, 2.75) is 19.8 Å². The molecule has 0 aromatic heterocycles. The van der Waals surface area contributed by atoms with E-state index >= 15 is 0 Å². The van der Waals surface area contributed by atoms with Gasteiger partial charge in [0.15, 0.2) is 0 Å². The third-order valence-corrected chi connectivity index (χ3v) is 0.680. The Labute approximate surface area is 43.8 Å². The van der Waals surface area contributed by atoms with Crippen LogP contribution in [-0.4, -0.2) is 10.9 Å². The van der Waals surface area contributed by atoms with Crippen LogP contribution in [0.25, 0.3) is 0 Å². The van der Waals surface area contributed by atoms with Crippen LogP contribution in [0, 0.1) is 6.92 Å². The van der Waals surface area contributed by atoms with E-state index in [4.69, 9.17) is 5.21 Å². The lowest BCUT2D eigenvalue weighted by Crippen LogP contribution is -1.87. The lowest BCUT2D eigenvalue weighted by Gasteiger charge is -1.87. The Morgan fingerprint density at radius 2 is 2.43 bits per heavy atom. The minimum Gasteiger partial charge on any atom is -0.411 e. The first-order valence-electron chi connectivity index (χ1n) is 2.34. The molecule has 0 aliphatic heterocycles. The van der Waals surface area contributed by atoms with Crippen LogP contribution >= 0.6 is 0 Å². The predicted molar refractivity (Wildman–Crippen MR) is 29.5 cm³/mol. The van der Waals surface area contributed by atoms with E-state index in [0.29, 0.717) is 5.71 Å². The Kier molecular flexibility index (Phi) is 3.38. The van der Waals surface area contributed by atoms with Crippen molar-refractivity contribution >= 4 is 5.71 Å². The summed E-state index contributed by atoms with van der Waals surface area (Å²) in [4.78, 5) is 0. The number of nitrogens with zero attached hydrogens (tertiary/aromatic N) is 1. The fourth-order valence-electron chi connectivity index (χ4n) is 0.339. The molecule has 0 saturated heterocycles. The lowest BCUT2D eigenvalue weighted by atomic mass is 10.2. The summed E-state index contributed by atoms with van der Waals surface area (Å²) in [6, 6.07) is 0. The van der Waals surface area contributed by atoms with Crippen molar-refractivity contribution in [3.63, 3.8) is 0 Å². The molecule has 41 valence electrons. The van der Waals surface area contributed by atoms with Crippen molar-refractivity contribution in [1.29, 1.82) is 0 Å². The highest BCUT2D eigenvalue weighted by atomic mass is 16.4. The summed E-state index contributed by atoms with van der Waals surface area (Å²) >= 11 is 0. The zero-order valence-electron chi connectivity index (χ0n) is 4.52. The van der Waals surface area contributed by atoms with E-state index in [1.54, 1.807) is 0 Å². The second-order valence-corrected chi connectivity index (χ2v) is 1.42. The van der Waals surface area contributed by atoms with Crippen LogP contribution in [0.4, 0.5) is 0 Å². The minimum atomic E-state index is 0.558. The maximum atomic E-state index is 7.99. The number of hydrogen-bond donors (Lipinski definition) is 1. The van der Waals surface area contributed by atoms with Crippen molar-refractivity contribution < 1.29 is 5.21 Å². The van der Waals surface area contributed by atoms with Crippen molar-refractivity contribution in [2.24, 2.45) is 5.16 Å². The number of oxime groups is 1. The van der Waals surface area contributed by atoms with Crippen molar-refractivity contribution in [2.75, 3.05) is 0 Å². The first-order valence-corrected chi connectivity index (χ1v) is 2.34. The van der Waals surface area contributed by atoms with Crippen LogP contribution < -0.4 is 0 Å². The molecule has 0 aliphatic carbocycles. The van der Waals surface area contributed by atoms with Gasteiger partial charge in [-0.1, -0.05) is 18.5 Å². The molecule has 2 heteroatoms. The molecule has 0 spiro atoms. The molecular formula is C5H10NO. The van der Waals surface area contributed by atoms with E-state index in [0.717, 1.165) is 12.8 Å². The van der Waals surface area contributed by atoms with Crippen LogP contribution in [-0.2, 0) is 0 Å². The molecule has 1 N–H and O–H groups in total. The summed E-state index contributed by atoms with van der Waals surface area (Å²) in [7, 11) is 0. The molecule has 0 fully saturated rings. The van der Waals surface area contributed by atoms with Gasteiger partial charge in [-0.15, -0.1) is 0 Å². The third kappa shape index (κ3) is 3.30. The molecule has 0 amide bonds. The zero-order chi connectivity index (χ0) is 5.70. The van der Waals surface area contributed by atoms with E-state index in [-0.39, 0.29) is 0 Å². The summed E-state index contributed by atoms with van der Waals surface area (Å²) < 4.78 is 0. The van der Waals surface area contributed by atoms with E-state index in [2.05, 4.69) is 12.1 Å². The predicted octanol–water partition coefficient (Wildman–Crippen LogP) is 1.45. The molecular weight excluding hydrogens is 90.1 g/mol. The highest BCUT2D eigenvalue weighted by Gasteiger charge is 1.84. The van der Waals surface area contributed by atoms with Gasteiger partial charge in [0.1, 0.15) is 0 Å². The van der Waals surface area contributed by atoms with E-state index in [1.807, 2.05) is 6.92 Å². The fourth-order valence-corrected chi connectivity index (χ4v) is 0.339. The molecule has 0 aliphatic rings. The first-order chi connectivity index (χ1) is 3.31. The van der Waals surface area contributed by atoms with Crippen molar-refractivity contribution in [3.05, 3.63) is 6.92 Å². The topological polar surface area (TPSA) is 32.6 Å². The zero-order valence-corrected chi connectivity index (χ0v) is 4.52. The molecule has 0 unspecified atom stereocenters. The quantitative estimate of drug-likeness (QED) is 0.318. The third-order valence-electron chi connectivity index (χ3n) is 0.680. The Hall–Kier alpha value is -0.530.